The van der Waals surface area contributed by atoms with Crippen LogP contribution in [-0.2, 0) is 9.84 Å². The van der Waals surface area contributed by atoms with Crippen molar-refractivity contribution in [2.75, 3.05) is 37.9 Å². The summed E-state index contributed by atoms with van der Waals surface area (Å²) < 4.78 is 35.6. The second kappa shape index (κ2) is 12.5. The van der Waals surface area contributed by atoms with E-state index in [9.17, 15) is 8.42 Å². The molecule has 0 aliphatic heterocycles. The number of nitrogens with one attached hydrogen (secondary N) is 2. The van der Waals surface area contributed by atoms with Gasteiger partial charge >= 0.3 is 0 Å². The predicted molar refractivity (Wildman–Crippen MR) is 128 cm³/mol. The van der Waals surface area contributed by atoms with E-state index in [4.69, 9.17) is 9.47 Å². The van der Waals surface area contributed by atoms with Gasteiger partial charge in [0.05, 0.1) is 30.9 Å². The molecule has 0 saturated carbocycles. The summed E-state index contributed by atoms with van der Waals surface area (Å²) in [5.74, 6) is 1.69. The molecule has 0 saturated heterocycles. The molecule has 2 aromatic rings. The van der Waals surface area contributed by atoms with E-state index in [1.54, 1.807) is 43.5 Å². The van der Waals surface area contributed by atoms with Crippen LogP contribution in [0.2, 0.25) is 0 Å². The van der Waals surface area contributed by atoms with E-state index >= 15 is 0 Å². The summed E-state index contributed by atoms with van der Waals surface area (Å²) in [6, 6.07) is 13.9. The zero-order valence-corrected chi connectivity index (χ0v) is 20.0. The van der Waals surface area contributed by atoms with Gasteiger partial charge in [0.1, 0.15) is 0 Å². The van der Waals surface area contributed by atoms with E-state index in [0.717, 1.165) is 5.69 Å². The number of guanidine groups is 1. The number of ether oxygens (including phenoxy) is 2. The van der Waals surface area contributed by atoms with E-state index in [1.807, 2.05) is 26.0 Å². The van der Waals surface area contributed by atoms with Crippen LogP contribution in [0, 0.1) is 0 Å². The molecule has 2 rings (SSSR count). The van der Waals surface area contributed by atoms with Crippen molar-refractivity contribution < 1.29 is 17.9 Å². The lowest BCUT2D eigenvalue weighted by Crippen LogP contribution is -2.31. The van der Waals surface area contributed by atoms with E-state index < -0.39 is 9.84 Å². The van der Waals surface area contributed by atoms with E-state index in [-0.39, 0.29) is 36.3 Å². The van der Waals surface area contributed by atoms with Gasteiger partial charge in [0.25, 0.3) is 0 Å². The summed E-state index contributed by atoms with van der Waals surface area (Å²) in [6.07, 6.45) is 0. The molecule has 0 unspecified atom stereocenters. The van der Waals surface area contributed by atoms with Crippen LogP contribution in [0.15, 0.2) is 58.4 Å². The first-order valence-corrected chi connectivity index (χ1v) is 10.8. The van der Waals surface area contributed by atoms with Gasteiger partial charge in [-0.05, 0) is 38.1 Å². The molecule has 0 aliphatic rings. The van der Waals surface area contributed by atoms with Crippen LogP contribution in [0.25, 0.3) is 0 Å². The number of anilines is 1. The highest BCUT2D eigenvalue weighted by molar-refractivity contribution is 14.0. The second-order valence-corrected chi connectivity index (χ2v) is 7.93. The van der Waals surface area contributed by atoms with Crippen LogP contribution in [0.1, 0.15) is 13.8 Å². The number of benzene rings is 2. The predicted octanol–water partition coefficient (Wildman–Crippen LogP) is 3.56. The van der Waals surface area contributed by atoms with Crippen molar-refractivity contribution in [2.45, 2.75) is 18.7 Å². The molecule has 7 nitrogen and oxygen atoms in total. The highest BCUT2D eigenvalue weighted by atomic mass is 127. The maximum absolute atomic E-state index is 12.4. The third kappa shape index (κ3) is 7.73. The van der Waals surface area contributed by atoms with Gasteiger partial charge in [-0.2, -0.15) is 0 Å². The van der Waals surface area contributed by atoms with Crippen molar-refractivity contribution in [1.82, 2.24) is 5.32 Å². The van der Waals surface area contributed by atoms with Crippen molar-refractivity contribution >= 4 is 45.5 Å². The largest absolute Gasteiger partial charge is 0.493 e. The molecular weight excluding hydrogens is 505 g/mol. The minimum absolute atomic E-state index is 0. The van der Waals surface area contributed by atoms with Gasteiger partial charge in [-0.1, -0.05) is 18.2 Å². The molecular formula is C20H28IN3O4S. The molecule has 0 heterocycles. The maximum Gasteiger partial charge on any atom is 0.195 e. The van der Waals surface area contributed by atoms with Gasteiger partial charge in [0.2, 0.25) is 0 Å². The number of hydrogen-bond acceptors (Lipinski definition) is 5. The van der Waals surface area contributed by atoms with Gasteiger partial charge in [-0.25, -0.2) is 8.42 Å². The molecule has 2 N–H and O–H groups in total. The molecule has 0 fully saturated rings. The average molecular weight is 533 g/mol. The lowest BCUT2D eigenvalue weighted by molar-refractivity contribution is 0.311. The number of methoxy groups -OCH3 is 1. The van der Waals surface area contributed by atoms with Crippen LogP contribution in [0.4, 0.5) is 5.69 Å². The third-order valence-corrected chi connectivity index (χ3v) is 5.51. The molecule has 0 aromatic heterocycles. The Kier molecular flexibility index (Phi) is 10.8. The Balaban J connectivity index is 0.00000420. The summed E-state index contributed by atoms with van der Waals surface area (Å²) in [5.41, 5.74) is 0.759. The highest BCUT2D eigenvalue weighted by Crippen LogP contribution is 2.30. The van der Waals surface area contributed by atoms with Crippen LogP contribution < -0.4 is 20.1 Å². The van der Waals surface area contributed by atoms with E-state index in [0.29, 0.717) is 35.5 Å². The minimum Gasteiger partial charge on any atom is -0.493 e. The molecule has 29 heavy (non-hydrogen) atoms. The van der Waals surface area contributed by atoms with Crippen molar-refractivity contribution in [3.05, 3.63) is 48.5 Å². The first-order chi connectivity index (χ1) is 13.5. The number of hydrogen-bond donors (Lipinski definition) is 2. The SMILES string of the molecule is CCNC(=NCCS(=O)(=O)c1ccccc1)Nc1ccc(OC)c(OCC)c1.I. The maximum atomic E-state index is 12.4. The number of rotatable bonds is 9. The van der Waals surface area contributed by atoms with Crippen molar-refractivity contribution in [3.63, 3.8) is 0 Å². The minimum atomic E-state index is -3.37. The fourth-order valence-electron chi connectivity index (χ4n) is 2.49. The quantitative estimate of drug-likeness (QED) is 0.291. The molecule has 0 atom stereocenters. The molecule has 0 spiro atoms. The Morgan fingerprint density at radius 3 is 2.41 bits per heavy atom. The number of nitrogens with zero attached hydrogens (tertiary/aromatic N) is 1. The standard InChI is InChI=1S/C20H27N3O4S.HI/c1-4-21-20(22-13-14-28(24,25)17-9-7-6-8-10-17)23-16-11-12-18(26-3)19(15-16)27-5-2;/h6-12,15H,4-5,13-14H2,1-3H3,(H2,21,22,23);1H. The molecule has 2 aromatic carbocycles. The van der Waals surface area contributed by atoms with E-state index in [2.05, 4.69) is 15.6 Å². The lowest BCUT2D eigenvalue weighted by atomic mass is 10.2. The molecule has 0 amide bonds. The number of sulfone groups is 1. The van der Waals surface area contributed by atoms with Crippen LogP contribution in [0.3, 0.4) is 0 Å². The smallest absolute Gasteiger partial charge is 0.195 e. The van der Waals surface area contributed by atoms with Crippen molar-refractivity contribution in [2.24, 2.45) is 4.99 Å². The van der Waals surface area contributed by atoms with Gasteiger partial charge in [0.15, 0.2) is 27.3 Å². The van der Waals surface area contributed by atoms with E-state index in [1.165, 1.54) is 0 Å². The third-order valence-electron chi connectivity index (χ3n) is 3.80. The summed E-state index contributed by atoms with van der Waals surface area (Å²) in [7, 11) is -1.78. The fourth-order valence-corrected chi connectivity index (χ4v) is 3.63. The van der Waals surface area contributed by atoms with Crippen molar-refractivity contribution in [1.29, 1.82) is 0 Å². The lowest BCUT2D eigenvalue weighted by Gasteiger charge is -2.14. The summed E-state index contributed by atoms with van der Waals surface area (Å²) in [4.78, 5) is 4.69. The molecule has 0 radical (unpaired) electrons. The van der Waals surface area contributed by atoms with Gasteiger partial charge in [0, 0.05) is 18.3 Å². The Bertz CT molecular complexity index is 890. The monoisotopic (exact) mass is 533 g/mol. The molecule has 0 bridgehead atoms. The molecule has 0 aliphatic carbocycles. The van der Waals surface area contributed by atoms with Crippen LogP contribution in [-0.4, -0.2) is 46.9 Å². The Labute approximate surface area is 189 Å². The van der Waals surface area contributed by atoms with Crippen molar-refractivity contribution in [3.8, 4) is 11.5 Å². The Hall–Kier alpha value is -2.01. The van der Waals surface area contributed by atoms with Gasteiger partial charge in [-0.3, -0.25) is 4.99 Å². The number of aliphatic imine (C=N–C) groups is 1. The van der Waals surface area contributed by atoms with Crippen LogP contribution >= 0.6 is 24.0 Å². The Morgan fingerprint density at radius 1 is 1.07 bits per heavy atom. The normalized spacial score (nSPS) is 11.3. The average Bonchev–Trinajstić information content (AvgIpc) is 2.69. The zero-order valence-electron chi connectivity index (χ0n) is 16.8. The van der Waals surface area contributed by atoms with Crippen LogP contribution in [0.5, 0.6) is 11.5 Å². The first-order valence-electron chi connectivity index (χ1n) is 9.14. The second-order valence-electron chi connectivity index (χ2n) is 5.82. The summed E-state index contributed by atoms with van der Waals surface area (Å²) in [6.45, 7) is 5.15. The first kappa shape index (κ1) is 25.0. The topological polar surface area (TPSA) is 89.0 Å². The number of halogens is 1. The van der Waals surface area contributed by atoms with Gasteiger partial charge < -0.3 is 20.1 Å². The Morgan fingerprint density at radius 2 is 1.79 bits per heavy atom. The molecule has 160 valence electrons. The highest BCUT2D eigenvalue weighted by Gasteiger charge is 2.13. The van der Waals surface area contributed by atoms with Gasteiger partial charge in [-0.15, -0.1) is 24.0 Å². The fraction of sp³-hybridized carbons (Fsp3) is 0.350. The zero-order chi connectivity index (χ0) is 20.4. The summed E-state index contributed by atoms with van der Waals surface area (Å²) in [5, 5.41) is 6.27. The summed E-state index contributed by atoms with van der Waals surface area (Å²) >= 11 is 0. The molecule has 9 heteroatoms.